The van der Waals surface area contributed by atoms with Crippen molar-refractivity contribution < 1.29 is 13.9 Å². The van der Waals surface area contributed by atoms with Gasteiger partial charge in [0.2, 0.25) is 5.76 Å². The second-order valence-electron chi connectivity index (χ2n) is 6.01. The Hall–Kier alpha value is -3.12. The molecule has 3 rings (SSSR count). The fourth-order valence-corrected chi connectivity index (χ4v) is 3.33. The van der Waals surface area contributed by atoms with Gasteiger partial charge in [-0.1, -0.05) is 24.8 Å². The number of hydrogen-bond acceptors (Lipinski definition) is 5. The average Bonchev–Trinajstić information content (AvgIpc) is 3.38. The Balaban J connectivity index is 1.92. The summed E-state index contributed by atoms with van der Waals surface area (Å²) < 4.78 is 10.7. The third kappa shape index (κ3) is 4.58. The lowest BCUT2D eigenvalue weighted by molar-refractivity contribution is 0.0491. The maximum Gasteiger partial charge on any atom is 0.374 e. The number of nitrogens with one attached hydrogen (secondary N) is 1. The molecule has 0 radical (unpaired) electrons. The summed E-state index contributed by atoms with van der Waals surface area (Å²) in [6.45, 7) is 8.44. The minimum atomic E-state index is -0.465. The molecular formula is C22H22N2O3S. The summed E-state index contributed by atoms with van der Waals surface area (Å²) in [5.41, 5.74) is 2.87. The van der Waals surface area contributed by atoms with Gasteiger partial charge in [0.25, 0.3) is 0 Å². The molecule has 28 heavy (non-hydrogen) atoms. The molecule has 2 aromatic heterocycles. The summed E-state index contributed by atoms with van der Waals surface area (Å²) >= 11 is 1.67. The van der Waals surface area contributed by atoms with Crippen LogP contribution >= 0.6 is 11.3 Å². The van der Waals surface area contributed by atoms with Crippen molar-refractivity contribution in [2.24, 2.45) is 4.99 Å². The van der Waals surface area contributed by atoms with Crippen LogP contribution in [0, 0.1) is 6.92 Å². The summed E-state index contributed by atoms with van der Waals surface area (Å²) in [4.78, 5) is 17.7. The van der Waals surface area contributed by atoms with Crippen LogP contribution in [0.5, 0.6) is 0 Å². The van der Waals surface area contributed by atoms with Crippen molar-refractivity contribution in [2.75, 3.05) is 6.61 Å². The SMILES string of the molecule is C=CNC(=NCc1cccs1)c1cc(-c2ccc(C(=O)OCC)o2)ccc1C. The highest BCUT2D eigenvalue weighted by atomic mass is 32.1. The first-order chi connectivity index (χ1) is 13.6. The van der Waals surface area contributed by atoms with Crippen molar-refractivity contribution >= 4 is 23.1 Å². The van der Waals surface area contributed by atoms with Crippen LogP contribution in [0.15, 0.2) is 70.0 Å². The molecule has 6 heteroatoms. The number of benzene rings is 1. The van der Waals surface area contributed by atoms with Crippen LogP contribution < -0.4 is 5.32 Å². The molecule has 0 bridgehead atoms. The summed E-state index contributed by atoms with van der Waals surface area (Å²) in [5, 5.41) is 5.17. The van der Waals surface area contributed by atoms with Crippen molar-refractivity contribution in [3.63, 3.8) is 0 Å². The van der Waals surface area contributed by atoms with Crippen LogP contribution in [-0.4, -0.2) is 18.4 Å². The number of rotatable bonds is 7. The first-order valence-corrected chi connectivity index (χ1v) is 9.83. The zero-order valence-electron chi connectivity index (χ0n) is 15.9. The minimum absolute atomic E-state index is 0.190. The molecule has 0 unspecified atom stereocenters. The lowest BCUT2D eigenvalue weighted by atomic mass is 10.0. The van der Waals surface area contributed by atoms with Crippen LogP contribution in [0.3, 0.4) is 0 Å². The van der Waals surface area contributed by atoms with E-state index in [1.807, 2.05) is 36.6 Å². The molecule has 2 heterocycles. The standard InChI is InChI=1S/C22H22N2O3S/c1-4-23-21(24-14-17-7-6-12-28-17)18-13-16(9-8-15(18)3)19-10-11-20(27-19)22(25)26-5-2/h4,6-13H,1,5,14H2,2-3H3,(H,23,24). The van der Waals surface area contributed by atoms with Crippen LogP contribution in [0.25, 0.3) is 11.3 Å². The number of aryl methyl sites for hydroxylation is 1. The molecule has 0 spiro atoms. The Morgan fingerprint density at radius 2 is 2.18 bits per heavy atom. The molecular weight excluding hydrogens is 372 g/mol. The summed E-state index contributed by atoms with van der Waals surface area (Å²) in [7, 11) is 0. The van der Waals surface area contributed by atoms with Gasteiger partial charge >= 0.3 is 5.97 Å². The van der Waals surface area contributed by atoms with Gasteiger partial charge in [-0.05, 0) is 55.3 Å². The Kier molecular flexibility index (Phi) is 6.45. The van der Waals surface area contributed by atoms with Gasteiger partial charge in [-0.25, -0.2) is 4.79 Å². The number of thiophene rings is 1. The smallest absolute Gasteiger partial charge is 0.374 e. The number of ether oxygens (including phenoxy) is 1. The highest BCUT2D eigenvalue weighted by molar-refractivity contribution is 7.09. The zero-order valence-corrected chi connectivity index (χ0v) is 16.7. The number of furan rings is 1. The molecule has 144 valence electrons. The molecule has 3 aromatic rings. The molecule has 0 aliphatic heterocycles. The van der Waals surface area contributed by atoms with Gasteiger partial charge in [-0.3, -0.25) is 4.99 Å². The Labute approximate surface area is 168 Å². The lowest BCUT2D eigenvalue weighted by Crippen LogP contribution is -2.20. The van der Waals surface area contributed by atoms with E-state index in [2.05, 4.69) is 18.0 Å². The van der Waals surface area contributed by atoms with Crippen molar-refractivity contribution in [3.05, 3.63) is 82.4 Å². The highest BCUT2D eigenvalue weighted by Crippen LogP contribution is 2.25. The number of amidine groups is 1. The minimum Gasteiger partial charge on any atom is -0.460 e. The molecule has 5 nitrogen and oxygen atoms in total. The van der Waals surface area contributed by atoms with E-state index in [9.17, 15) is 4.79 Å². The third-order valence-electron chi connectivity index (χ3n) is 4.07. The fraction of sp³-hybridized carbons (Fsp3) is 0.182. The van der Waals surface area contributed by atoms with E-state index in [1.165, 1.54) is 4.88 Å². The maximum absolute atomic E-state index is 11.8. The molecule has 0 saturated carbocycles. The number of nitrogens with zero attached hydrogens (tertiary/aromatic N) is 1. The molecule has 1 aromatic carbocycles. The summed E-state index contributed by atoms with van der Waals surface area (Å²) in [5.74, 6) is 1.06. The van der Waals surface area contributed by atoms with E-state index >= 15 is 0 Å². The van der Waals surface area contributed by atoms with E-state index in [4.69, 9.17) is 14.1 Å². The first-order valence-electron chi connectivity index (χ1n) is 8.95. The first kappa shape index (κ1) is 19.6. The Morgan fingerprint density at radius 3 is 2.89 bits per heavy atom. The van der Waals surface area contributed by atoms with E-state index < -0.39 is 5.97 Å². The quantitative estimate of drug-likeness (QED) is 0.341. The second-order valence-corrected chi connectivity index (χ2v) is 7.04. The summed E-state index contributed by atoms with van der Waals surface area (Å²) in [6, 6.07) is 13.4. The molecule has 0 atom stereocenters. The molecule has 0 aliphatic rings. The predicted octanol–water partition coefficient (Wildman–Crippen LogP) is 5.17. The van der Waals surface area contributed by atoms with Crippen LogP contribution in [0.2, 0.25) is 0 Å². The maximum atomic E-state index is 11.8. The molecule has 1 N–H and O–H groups in total. The van der Waals surface area contributed by atoms with E-state index in [0.717, 1.165) is 22.5 Å². The normalized spacial score (nSPS) is 11.3. The van der Waals surface area contributed by atoms with Gasteiger partial charge in [-0.15, -0.1) is 11.3 Å². The number of aliphatic imine (C=N–C) groups is 1. The van der Waals surface area contributed by atoms with E-state index in [0.29, 0.717) is 18.9 Å². The summed E-state index contributed by atoms with van der Waals surface area (Å²) in [6.07, 6.45) is 1.62. The van der Waals surface area contributed by atoms with E-state index in [-0.39, 0.29) is 5.76 Å². The fourth-order valence-electron chi connectivity index (χ4n) is 2.70. The van der Waals surface area contributed by atoms with Gasteiger partial charge in [0.15, 0.2) is 0 Å². The Bertz CT molecular complexity index is 987. The number of carbonyl (C=O) groups excluding carboxylic acids is 1. The monoisotopic (exact) mass is 394 g/mol. The molecule has 0 aliphatic carbocycles. The lowest BCUT2D eigenvalue weighted by Gasteiger charge is -2.11. The van der Waals surface area contributed by atoms with Gasteiger partial charge in [-0.2, -0.15) is 0 Å². The van der Waals surface area contributed by atoms with Crippen molar-refractivity contribution in [2.45, 2.75) is 20.4 Å². The topological polar surface area (TPSA) is 63.8 Å². The van der Waals surface area contributed by atoms with E-state index in [1.54, 1.807) is 36.6 Å². The average molecular weight is 394 g/mol. The molecule has 0 amide bonds. The molecule has 0 fully saturated rings. The van der Waals surface area contributed by atoms with Gasteiger partial charge in [0.05, 0.1) is 13.2 Å². The van der Waals surface area contributed by atoms with Crippen LogP contribution in [-0.2, 0) is 11.3 Å². The van der Waals surface area contributed by atoms with Gasteiger partial charge < -0.3 is 14.5 Å². The number of esters is 1. The highest BCUT2D eigenvalue weighted by Gasteiger charge is 2.15. The third-order valence-corrected chi connectivity index (χ3v) is 4.93. The second kappa shape index (κ2) is 9.19. The Morgan fingerprint density at radius 1 is 1.32 bits per heavy atom. The molecule has 0 saturated heterocycles. The van der Waals surface area contributed by atoms with Crippen molar-refractivity contribution in [1.29, 1.82) is 0 Å². The van der Waals surface area contributed by atoms with Crippen molar-refractivity contribution in [3.8, 4) is 11.3 Å². The van der Waals surface area contributed by atoms with Crippen LogP contribution in [0.4, 0.5) is 0 Å². The zero-order chi connectivity index (χ0) is 19.9. The largest absolute Gasteiger partial charge is 0.460 e. The van der Waals surface area contributed by atoms with Crippen molar-refractivity contribution in [1.82, 2.24) is 5.32 Å². The number of hydrogen-bond donors (Lipinski definition) is 1. The van der Waals surface area contributed by atoms with Crippen LogP contribution in [0.1, 0.15) is 33.5 Å². The van der Waals surface area contributed by atoms with Gasteiger partial charge in [0, 0.05) is 16.0 Å². The predicted molar refractivity (Wildman–Crippen MR) is 113 cm³/mol. The van der Waals surface area contributed by atoms with Gasteiger partial charge in [0.1, 0.15) is 11.6 Å². The number of carbonyl (C=O) groups is 1.